The predicted molar refractivity (Wildman–Crippen MR) is 142 cm³/mol. The summed E-state index contributed by atoms with van der Waals surface area (Å²) in [6.45, 7) is 1.57. The fourth-order valence-corrected chi connectivity index (χ4v) is 3.36. The number of ether oxygens (including phenoxy) is 2. The van der Waals surface area contributed by atoms with E-state index in [4.69, 9.17) is 24.8 Å². The Morgan fingerprint density at radius 1 is 0.523 bits per heavy atom. The largest absolute Gasteiger partial charge is 0.867 e. The second kappa shape index (κ2) is 12.4. The van der Waals surface area contributed by atoms with Crippen LogP contribution in [0.25, 0.3) is 0 Å². The van der Waals surface area contributed by atoms with Crippen LogP contribution in [0.5, 0.6) is 69.0 Å². The van der Waals surface area contributed by atoms with Crippen molar-refractivity contribution >= 4 is 17.9 Å². The van der Waals surface area contributed by atoms with E-state index in [0.29, 0.717) is 5.56 Å². The number of aromatic carboxylic acids is 1. The van der Waals surface area contributed by atoms with E-state index in [1.807, 2.05) is 0 Å². The second-order valence-corrected chi connectivity index (χ2v) is 8.76. The van der Waals surface area contributed by atoms with Crippen LogP contribution in [0.2, 0.25) is 0 Å². The lowest BCUT2D eigenvalue weighted by Crippen LogP contribution is -2.11. The van der Waals surface area contributed by atoms with E-state index >= 15 is 0 Å². The lowest BCUT2D eigenvalue weighted by atomic mass is 10.1. The zero-order chi connectivity index (χ0) is 33.0. The maximum absolute atomic E-state index is 12.4. The molecule has 0 bridgehead atoms. The molecule has 16 nitrogen and oxygen atoms in total. The van der Waals surface area contributed by atoms with Crippen molar-refractivity contribution in [1.29, 1.82) is 0 Å². The van der Waals surface area contributed by atoms with Gasteiger partial charge in [0.25, 0.3) is 0 Å². The average molecular weight is 613 g/mol. The third-order valence-electron chi connectivity index (χ3n) is 5.50. The molecule has 0 saturated heterocycles. The Morgan fingerprint density at radius 3 is 1.34 bits per heavy atom. The molecule has 230 valence electrons. The van der Waals surface area contributed by atoms with Gasteiger partial charge in [-0.3, -0.25) is 0 Å². The summed E-state index contributed by atoms with van der Waals surface area (Å²) < 4.78 is 9.92. The number of rotatable bonds is 5. The molecule has 4 aromatic carbocycles. The van der Waals surface area contributed by atoms with Gasteiger partial charge in [0, 0.05) is 0 Å². The highest BCUT2D eigenvalue weighted by Crippen LogP contribution is 2.40. The highest BCUT2D eigenvalue weighted by Gasteiger charge is 2.22. The Morgan fingerprint density at radius 2 is 0.886 bits per heavy atom. The molecule has 44 heavy (non-hydrogen) atoms. The number of carbonyl (C=O) groups excluding carboxylic acids is 2. The van der Waals surface area contributed by atoms with Gasteiger partial charge in [0.1, 0.15) is 11.5 Å². The number of hydrogen-bond donors (Lipinski definition) is 10. The third kappa shape index (κ3) is 6.95. The average Bonchev–Trinajstić information content (AvgIpc) is 2.94. The number of aromatic hydroxyl groups is 9. The zero-order valence-electron chi connectivity index (χ0n) is 22.0. The van der Waals surface area contributed by atoms with Gasteiger partial charge in [-0.15, -0.1) is 0 Å². The van der Waals surface area contributed by atoms with Crippen LogP contribution >= 0.6 is 0 Å². The van der Waals surface area contributed by atoms with Gasteiger partial charge in [0.2, 0.25) is 11.5 Å². The number of carboxylic acid groups (broad SMARTS) is 1. The van der Waals surface area contributed by atoms with E-state index in [0.717, 1.165) is 36.4 Å². The molecular weight excluding hydrogens is 592 g/mol. The Labute approximate surface area is 245 Å². The van der Waals surface area contributed by atoms with Crippen LogP contribution in [-0.4, -0.2) is 69.0 Å². The molecular formula is C28H21O16-. The SMILES string of the molecule is Cc1cc(O)c(O)c(OC(=O)c2cc(O)c(O)c(OC(=O)c3cc(O)c(O)c(O)c3)c2)c1.O=C(O)c1cc(O)c([O-])c(O)c1. The predicted octanol–water partition coefficient (Wildman–Crippen LogP) is 2.24. The number of benzene rings is 4. The number of phenolic OH excluding ortho intramolecular Hbond substituents is 9. The monoisotopic (exact) mass is 613 g/mol. The van der Waals surface area contributed by atoms with Crippen molar-refractivity contribution in [2.45, 2.75) is 6.92 Å². The van der Waals surface area contributed by atoms with E-state index in [-0.39, 0.29) is 11.3 Å². The molecule has 0 radical (unpaired) electrons. The normalized spacial score (nSPS) is 10.3. The van der Waals surface area contributed by atoms with Crippen molar-refractivity contribution < 1.29 is 80.0 Å². The number of aryl methyl sites for hydroxylation is 1. The standard InChI is InChI=1S/C21H16O11.C7H6O5/c1-8-2-11(22)18(27)15(3-8)31-21(30)10-6-14(25)19(28)16(7-10)32-20(29)9-4-12(23)17(26)13(24)5-9;8-4-1-3(7(11)12)2-5(9)6(4)10/h2-7,22-28H,1H3;1-2,8-10H,(H,11,12)/p-1. The van der Waals surface area contributed by atoms with Gasteiger partial charge in [0.15, 0.2) is 40.2 Å². The summed E-state index contributed by atoms with van der Waals surface area (Å²) in [7, 11) is 0. The number of esters is 2. The van der Waals surface area contributed by atoms with Crippen LogP contribution in [-0.2, 0) is 0 Å². The van der Waals surface area contributed by atoms with Gasteiger partial charge in [-0.05, 0) is 66.8 Å². The minimum atomic E-state index is -1.32. The van der Waals surface area contributed by atoms with Crippen LogP contribution < -0.4 is 14.6 Å². The molecule has 0 unspecified atom stereocenters. The van der Waals surface area contributed by atoms with Gasteiger partial charge >= 0.3 is 17.9 Å². The summed E-state index contributed by atoms with van der Waals surface area (Å²) in [4.78, 5) is 35.0. The second-order valence-electron chi connectivity index (χ2n) is 8.76. The Hall–Kier alpha value is -6.71. The fourth-order valence-electron chi connectivity index (χ4n) is 3.36. The van der Waals surface area contributed by atoms with Crippen molar-refractivity contribution in [1.82, 2.24) is 0 Å². The molecule has 4 aromatic rings. The summed E-state index contributed by atoms with van der Waals surface area (Å²) in [5, 5.41) is 104. The van der Waals surface area contributed by atoms with Crippen molar-refractivity contribution in [3.63, 3.8) is 0 Å². The van der Waals surface area contributed by atoms with Gasteiger partial charge in [-0.2, -0.15) is 0 Å². The summed E-state index contributed by atoms with van der Waals surface area (Å²) in [6, 6.07) is 7.27. The zero-order valence-corrected chi connectivity index (χ0v) is 22.0. The highest BCUT2D eigenvalue weighted by atomic mass is 16.5. The first kappa shape index (κ1) is 31.8. The molecule has 4 rings (SSSR count). The minimum Gasteiger partial charge on any atom is -0.867 e. The van der Waals surface area contributed by atoms with Gasteiger partial charge in [-0.25, -0.2) is 14.4 Å². The van der Waals surface area contributed by atoms with Gasteiger partial charge in [-0.1, -0.05) is 0 Å². The number of phenols is 9. The molecule has 10 N–H and O–H groups in total. The van der Waals surface area contributed by atoms with E-state index < -0.39 is 92.3 Å². The molecule has 0 spiro atoms. The third-order valence-corrected chi connectivity index (χ3v) is 5.50. The molecule has 0 aliphatic heterocycles. The van der Waals surface area contributed by atoms with Crippen molar-refractivity contribution in [3.05, 3.63) is 70.8 Å². The molecule has 0 aliphatic rings. The van der Waals surface area contributed by atoms with Crippen molar-refractivity contribution in [2.24, 2.45) is 0 Å². The maximum Gasteiger partial charge on any atom is 0.343 e. The quantitative estimate of drug-likeness (QED) is 0.0876. The molecule has 0 atom stereocenters. The molecule has 0 aromatic heterocycles. The molecule has 0 aliphatic carbocycles. The van der Waals surface area contributed by atoms with Gasteiger partial charge in [0.05, 0.1) is 16.7 Å². The highest BCUT2D eigenvalue weighted by molar-refractivity contribution is 5.95. The van der Waals surface area contributed by atoms with Crippen molar-refractivity contribution in [2.75, 3.05) is 0 Å². The topological polar surface area (TPSA) is 295 Å². The number of carboxylic acids is 1. The van der Waals surface area contributed by atoms with Gasteiger partial charge < -0.3 is 65.6 Å². The smallest absolute Gasteiger partial charge is 0.343 e. The Bertz CT molecular complexity index is 1750. The van der Waals surface area contributed by atoms with Crippen LogP contribution in [0.15, 0.2) is 48.5 Å². The van der Waals surface area contributed by atoms with Crippen LogP contribution in [0, 0.1) is 6.92 Å². The van der Waals surface area contributed by atoms with E-state index in [1.54, 1.807) is 6.92 Å². The first-order valence-electron chi connectivity index (χ1n) is 11.7. The lowest BCUT2D eigenvalue weighted by molar-refractivity contribution is -0.272. The van der Waals surface area contributed by atoms with E-state index in [2.05, 4.69) is 0 Å². The summed E-state index contributed by atoms with van der Waals surface area (Å²) in [5.41, 5.74) is -0.694. The lowest BCUT2D eigenvalue weighted by Gasteiger charge is -2.12. The molecule has 16 heteroatoms. The van der Waals surface area contributed by atoms with Crippen LogP contribution in [0.4, 0.5) is 0 Å². The van der Waals surface area contributed by atoms with Crippen LogP contribution in [0.3, 0.4) is 0 Å². The molecule has 0 fully saturated rings. The summed E-state index contributed by atoms with van der Waals surface area (Å²) >= 11 is 0. The van der Waals surface area contributed by atoms with Crippen LogP contribution in [0.1, 0.15) is 36.6 Å². The van der Waals surface area contributed by atoms with E-state index in [1.165, 1.54) is 12.1 Å². The first-order valence-corrected chi connectivity index (χ1v) is 11.7. The maximum atomic E-state index is 12.4. The summed E-state index contributed by atoms with van der Waals surface area (Å²) in [5.74, 6) is -12.7. The minimum absolute atomic E-state index is 0.329. The van der Waals surface area contributed by atoms with E-state index in [9.17, 15) is 55.2 Å². The summed E-state index contributed by atoms with van der Waals surface area (Å²) in [6.07, 6.45) is 0. The molecule has 0 amide bonds. The van der Waals surface area contributed by atoms with Crippen molar-refractivity contribution in [3.8, 4) is 69.0 Å². The molecule has 0 heterocycles. The Balaban J connectivity index is 0.000000369. The number of hydrogen-bond acceptors (Lipinski definition) is 15. The molecule has 0 saturated carbocycles. The number of carbonyl (C=O) groups is 3. The first-order chi connectivity index (χ1) is 20.5. The Kier molecular flexibility index (Phi) is 8.99. The fraction of sp³-hybridized carbons (Fsp3) is 0.0357.